The summed E-state index contributed by atoms with van der Waals surface area (Å²) in [7, 11) is 1.67. The molecule has 2 aromatic carbocycles. The van der Waals surface area contributed by atoms with E-state index in [-0.39, 0.29) is 0 Å². The minimum Gasteiger partial charge on any atom is -0.550 e. The lowest BCUT2D eigenvalue weighted by atomic mass is 10.1. The lowest BCUT2D eigenvalue weighted by molar-refractivity contribution is -0.582. The number of benzene rings is 2. The maximum atomic E-state index is 8.89. The van der Waals surface area contributed by atoms with Crippen LogP contribution in [0.1, 0.15) is 23.7 Å². The van der Waals surface area contributed by atoms with Gasteiger partial charge in [-0.1, -0.05) is 36.4 Å². The van der Waals surface area contributed by atoms with Gasteiger partial charge in [-0.2, -0.15) is 9.67 Å². The van der Waals surface area contributed by atoms with Crippen molar-refractivity contribution in [1.82, 2.24) is 9.78 Å². The molecule has 8 nitrogen and oxygen atoms in total. The number of ether oxygens (including phenoxy) is 1. The second-order valence-corrected chi connectivity index (χ2v) is 8.15. The number of aliphatic carboxylic acids is 1. The van der Waals surface area contributed by atoms with Crippen molar-refractivity contribution in [2.24, 2.45) is 4.99 Å². The van der Waals surface area contributed by atoms with Crippen molar-refractivity contribution in [1.29, 1.82) is 0 Å². The first-order valence-corrected chi connectivity index (χ1v) is 11.4. The summed E-state index contributed by atoms with van der Waals surface area (Å²) in [6, 6.07) is 24.5. The number of carboxylic acid groups (broad SMARTS) is 1. The van der Waals surface area contributed by atoms with Crippen LogP contribution >= 0.6 is 0 Å². The van der Waals surface area contributed by atoms with Crippen LogP contribution in [0.2, 0.25) is 0 Å². The van der Waals surface area contributed by atoms with Crippen molar-refractivity contribution in [3.63, 3.8) is 0 Å². The van der Waals surface area contributed by atoms with Crippen LogP contribution < -0.4 is 20.1 Å². The van der Waals surface area contributed by atoms with Crippen LogP contribution in [0.15, 0.2) is 95.8 Å². The van der Waals surface area contributed by atoms with E-state index in [0.717, 1.165) is 41.5 Å². The van der Waals surface area contributed by atoms with E-state index >= 15 is 0 Å². The molecule has 0 radical (unpaired) electrons. The highest BCUT2D eigenvalue weighted by Crippen LogP contribution is 2.27. The number of hydrogen-bond donors (Lipinski definition) is 1. The zero-order valence-corrected chi connectivity index (χ0v) is 20.2. The Kier molecular flexibility index (Phi) is 7.55. The molecule has 2 aromatic heterocycles. The first kappa shape index (κ1) is 24.4. The van der Waals surface area contributed by atoms with Gasteiger partial charge in [-0.05, 0) is 36.8 Å². The van der Waals surface area contributed by atoms with E-state index in [1.807, 2.05) is 42.6 Å². The fourth-order valence-electron chi connectivity index (χ4n) is 3.97. The van der Waals surface area contributed by atoms with Gasteiger partial charge in [0.05, 0.1) is 31.8 Å². The van der Waals surface area contributed by atoms with Crippen molar-refractivity contribution < 1.29 is 19.2 Å². The highest BCUT2D eigenvalue weighted by atomic mass is 16.5. The average molecular weight is 482 g/mol. The number of aromatic nitrogens is 3. The molecule has 0 aliphatic carbocycles. The van der Waals surface area contributed by atoms with Crippen LogP contribution in [-0.2, 0) is 17.8 Å². The zero-order chi connectivity index (χ0) is 25.5. The minimum atomic E-state index is -1.08. The largest absolute Gasteiger partial charge is 0.550 e. The second kappa shape index (κ2) is 11.1. The van der Waals surface area contributed by atoms with Gasteiger partial charge in [0.2, 0.25) is 5.70 Å². The van der Waals surface area contributed by atoms with Crippen molar-refractivity contribution in [3.8, 4) is 5.75 Å². The third-order valence-corrected chi connectivity index (χ3v) is 5.62. The maximum absolute atomic E-state index is 8.89. The van der Waals surface area contributed by atoms with Crippen molar-refractivity contribution in [2.45, 2.75) is 19.9 Å². The Labute approximate surface area is 209 Å². The zero-order valence-electron chi connectivity index (χ0n) is 20.2. The predicted molar refractivity (Wildman–Crippen MR) is 137 cm³/mol. The monoisotopic (exact) mass is 481 g/mol. The maximum Gasteiger partial charge on any atom is 0.223 e. The predicted octanol–water partition coefficient (Wildman–Crippen LogP) is 2.78. The van der Waals surface area contributed by atoms with Gasteiger partial charge in [0.25, 0.3) is 0 Å². The van der Waals surface area contributed by atoms with Crippen LogP contribution in [-0.4, -0.2) is 29.1 Å². The third-order valence-electron chi connectivity index (χ3n) is 5.62. The first-order valence-electron chi connectivity index (χ1n) is 11.4. The average Bonchev–Trinajstić information content (AvgIpc) is 3.43. The molecule has 1 aliphatic rings. The summed E-state index contributed by atoms with van der Waals surface area (Å²) in [5.41, 5.74) is 12.7. The minimum absolute atomic E-state index is 0.555. The molecule has 36 heavy (non-hydrogen) atoms. The number of carboxylic acids is 1. The number of allylic oxidation sites excluding steroid dienone is 1. The van der Waals surface area contributed by atoms with E-state index in [2.05, 4.69) is 52.3 Å². The number of pyridine rings is 1. The van der Waals surface area contributed by atoms with Crippen molar-refractivity contribution in [2.75, 3.05) is 12.8 Å². The number of rotatable bonds is 6. The summed E-state index contributed by atoms with van der Waals surface area (Å²) in [5.74, 6) is 0.305. The number of nitrogens with zero attached hydrogens (tertiary/aromatic N) is 4. The molecule has 0 saturated carbocycles. The number of fused-ring (bicyclic) bond motifs is 1. The summed E-state index contributed by atoms with van der Waals surface area (Å²) < 4.78 is 9.31. The molecule has 0 bridgehead atoms. The molecule has 4 aromatic rings. The highest BCUT2D eigenvalue weighted by molar-refractivity contribution is 5.92. The number of aliphatic imine (C=N–C) groups is 1. The van der Waals surface area contributed by atoms with Gasteiger partial charge in [0.15, 0.2) is 11.9 Å². The van der Waals surface area contributed by atoms with E-state index in [4.69, 9.17) is 25.4 Å². The molecular weight excluding hydrogens is 454 g/mol. The van der Waals surface area contributed by atoms with Gasteiger partial charge in [-0.3, -0.25) is 4.99 Å². The van der Waals surface area contributed by atoms with Crippen molar-refractivity contribution >= 4 is 29.4 Å². The molecule has 0 spiro atoms. The summed E-state index contributed by atoms with van der Waals surface area (Å²) in [5, 5.41) is 13.3. The van der Waals surface area contributed by atoms with Crippen LogP contribution in [0, 0.1) is 0 Å². The van der Waals surface area contributed by atoms with Gasteiger partial charge in [-0.25, -0.2) is 4.68 Å². The Bertz CT molecular complexity index is 1400. The van der Waals surface area contributed by atoms with Gasteiger partial charge in [0, 0.05) is 29.9 Å². The molecule has 2 N–H and O–H groups in total. The Morgan fingerprint density at radius 2 is 1.83 bits per heavy atom. The van der Waals surface area contributed by atoms with Gasteiger partial charge < -0.3 is 20.4 Å². The van der Waals surface area contributed by atoms with Gasteiger partial charge >= 0.3 is 0 Å². The second-order valence-electron chi connectivity index (χ2n) is 8.15. The summed E-state index contributed by atoms with van der Waals surface area (Å²) >= 11 is 0. The number of nitrogens with two attached hydrogens (primary N) is 1. The van der Waals surface area contributed by atoms with Crippen LogP contribution in [0.5, 0.6) is 5.75 Å². The molecule has 0 atom stereocenters. The quantitative estimate of drug-likeness (QED) is 0.336. The van der Waals surface area contributed by atoms with Crippen LogP contribution in [0.4, 0.5) is 11.5 Å². The molecular formula is C28H27N5O3. The molecule has 0 fully saturated rings. The number of carbonyl (C=O) groups is 1. The summed E-state index contributed by atoms with van der Waals surface area (Å²) in [4.78, 5) is 13.6. The lowest BCUT2D eigenvalue weighted by Gasteiger charge is -2.04. The number of anilines is 1. The fourth-order valence-corrected chi connectivity index (χ4v) is 3.97. The van der Waals surface area contributed by atoms with E-state index in [0.29, 0.717) is 18.1 Å². The Morgan fingerprint density at radius 3 is 2.53 bits per heavy atom. The van der Waals surface area contributed by atoms with Crippen molar-refractivity contribution in [3.05, 3.63) is 108 Å². The van der Waals surface area contributed by atoms with Gasteiger partial charge in [0.1, 0.15) is 17.3 Å². The number of nitrogen functional groups attached to an aromatic ring is 1. The van der Waals surface area contributed by atoms with Crippen LogP contribution in [0.3, 0.4) is 0 Å². The molecule has 0 saturated heterocycles. The first-order chi connectivity index (χ1) is 17.5. The van der Waals surface area contributed by atoms with E-state index < -0.39 is 5.97 Å². The van der Waals surface area contributed by atoms with E-state index in [1.165, 1.54) is 5.69 Å². The Hall–Kier alpha value is -4.72. The van der Waals surface area contributed by atoms with Crippen LogP contribution in [0.25, 0.3) is 5.70 Å². The Balaban J connectivity index is 0.000000709. The molecule has 0 unspecified atom stereocenters. The highest BCUT2D eigenvalue weighted by Gasteiger charge is 2.30. The fraction of sp³-hybridized carbons (Fsp3) is 0.143. The summed E-state index contributed by atoms with van der Waals surface area (Å²) in [6.07, 6.45) is 6.51. The molecule has 182 valence electrons. The van der Waals surface area contributed by atoms with Gasteiger partial charge in [-0.15, -0.1) is 0 Å². The number of carbonyl (C=O) groups excluding carboxylic acids is 1. The topological polar surface area (TPSA) is 109 Å². The molecule has 1 aliphatic heterocycles. The SMILES string of the molecule is CC(=O)[O-].COc1ccc(C2=C(/C=N/c3cnn(Cc4ccccc4)c3N)Cc3cccc[n+]32)cc1. The van der Waals surface area contributed by atoms with E-state index in [9.17, 15) is 0 Å². The molecule has 0 amide bonds. The standard InChI is InChI=1S/C26H24N5O.C2H4O2/c1-32-23-12-10-20(11-13-23)25-21(15-22-9-5-6-14-30(22)25)16-28-24-17-29-31(26(24)27)18-19-7-3-2-4-8-19;1-2(3)4/h2-14,16-17H,15,18,27H2,1H3;1H3,(H,3,4)/q+1;/p-1/b28-16+;. The lowest BCUT2D eigenvalue weighted by Crippen LogP contribution is -2.33. The smallest absolute Gasteiger partial charge is 0.223 e. The third kappa shape index (κ3) is 5.67. The molecule has 3 heterocycles. The van der Waals surface area contributed by atoms with E-state index in [1.54, 1.807) is 18.0 Å². The number of methoxy groups -OCH3 is 1. The molecule has 5 rings (SSSR count). The number of hydrogen-bond acceptors (Lipinski definition) is 6. The summed E-state index contributed by atoms with van der Waals surface area (Å²) in [6.45, 7) is 1.59. The Morgan fingerprint density at radius 1 is 1.14 bits per heavy atom. The normalized spacial score (nSPS) is 12.3. The molecule has 8 heteroatoms.